The first-order chi connectivity index (χ1) is 9.17. The van der Waals surface area contributed by atoms with Crippen molar-refractivity contribution < 1.29 is 0 Å². The predicted molar refractivity (Wildman–Crippen MR) is 80.6 cm³/mol. The zero-order valence-corrected chi connectivity index (χ0v) is 12.1. The van der Waals surface area contributed by atoms with Crippen LogP contribution in [0.25, 0.3) is 0 Å². The van der Waals surface area contributed by atoms with Crippen LogP contribution in [0.4, 0.5) is 11.5 Å². The summed E-state index contributed by atoms with van der Waals surface area (Å²) >= 11 is 5.99. The Kier molecular flexibility index (Phi) is 3.57. The number of hydrogen-bond acceptors (Lipinski definition) is 3. The fourth-order valence-electron chi connectivity index (χ4n) is 3.68. The standard InChI is InChI=1S/C15H22ClN3/c16-13-10-12(17)11-14(18-13)19-8-6-15(7-9-19)4-2-1-3-5-15/h10-11H,1-9H2,(H2,17,18). The third kappa shape index (κ3) is 2.81. The van der Waals surface area contributed by atoms with Gasteiger partial charge in [0.1, 0.15) is 11.0 Å². The number of rotatable bonds is 1. The van der Waals surface area contributed by atoms with Crippen molar-refractivity contribution >= 4 is 23.1 Å². The number of pyridine rings is 1. The number of nitrogen functional groups attached to an aromatic ring is 1. The SMILES string of the molecule is Nc1cc(Cl)nc(N2CCC3(CCCCC3)CC2)c1. The maximum Gasteiger partial charge on any atom is 0.133 e. The third-order valence-electron chi connectivity index (χ3n) is 4.87. The van der Waals surface area contributed by atoms with Gasteiger partial charge in [0.25, 0.3) is 0 Å². The fourth-order valence-corrected chi connectivity index (χ4v) is 3.89. The maximum atomic E-state index is 5.99. The summed E-state index contributed by atoms with van der Waals surface area (Å²) in [5, 5.41) is 0.493. The second-order valence-electron chi connectivity index (χ2n) is 6.13. The Morgan fingerprint density at radius 3 is 2.37 bits per heavy atom. The van der Waals surface area contributed by atoms with Gasteiger partial charge in [0.2, 0.25) is 0 Å². The zero-order valence-electron chi connectivity index (χ0n) is 11.4. The monoisotopic (exact) mass is 279 g/mol. The molecule has 1 aromatic rings. The Bertz CT molecular complexity index is 424. The molecule has 1 aliphatic carbocycles. The van der Waals surface area contributed by atoms with E-state index >= 15 is 0 Å². The normalized spacial score (nSPS) is 22.7. The number of nitrogens with two attached hydrogens (primary N) is 1. The number of aromatic nitrogens is 1. The van der Waals surface area contributed by atoms with Crippen LogP contribution in [-0.2, 0) is 0 Å². The highest BCUT2D eigenvalue weighted by Crippen LogP contribution is 2.45. The lowest BCUT2D eigenvalue weighted by molar-refractivity contribution is 0.144. The number of piperidine rings is 1. The van der Waals surface area contributed by atoms with E-state index < -0.39 is 0 Å². The molecule has 2 aliphatic rings. The second-order valence-corrected chi connectivity index (χ2v) is 6.52. The van der Waals surface area contributed by atoms with E-state index in [4.69, 9.17) is 17.3 Å². The van der Waals surface area contributed by atoms with Gasteiger partial charge in [0, 0.05) is 24.8 Å². The van der Waals surface area contributed by atoms with Crippen molar-refractivity contribution in [3.63, 3.8) is 0 Å². The van der Waals surface area contributed by atoms with Crippen LogP contribution in [0.15, 0.2) is 12.1 Å². The molecule has 1 spiro atoms. The van der Waals surface area contributed by atoms with E-state index in [0.29, 0.717) is 16.3 Å². The van der Waals surface area contributed by atoms with Gasteiger partial charge in [-0.1, -0.05) is 30.9 Å². The van der Waals surface area contributed by atoms with Crippen LogP contribution in [0.3, 0.4) is 0 Å². The van der Waals surface area contributed by atoms with Gasteiger partial charge in [-0.25, -0.2) is 4.98 Å². The molecule has 0 radical (unpaired) electrons. The Balaban J connectivity index is 1.69. The average Bonchev–Trinajstić information content (AvgIpc) is 2.39. The smallest absolute Gasteiger partial charge is 0.133 e. The largest absolute Gasteiger partial charge is 0.399 e. The van der Waals surface area contributed by atoms with Crippen LogP contribution in [-0.4, -0.2) is 18.1 Å². The van der Waals surface area contributed by atoms with Gasteiger partial charge in [0.05, 0.1) is 0 Å². The van der Waals surface area contributed by atoms with Gasteiger partial charge in [0.15, 0.2) is 0 Å². The summed E-state index contributed by atoms with van der Waals surface area (Å²) in [6, 6.07) is 3.64. The number of anilines is 2. The van der Waals surface area contributed by atoms with Crippen molar-refractivity contribution in [3.8, 4) is 0 Å². The second kappa shape index (κ2) is 5.20. The summed E-state index contributed by atoms with van der Waals surface area (Å²) in [4.78, 5) is 6.74. The van der Waals surface area contributed by atoms with Crippen LogP contribution in [0.5, 0.6) is 0 Å². The summed E-state index contributed by atoms with van der Waals surface area (Å²) in [7, 11) is 0. The zero-order chi connectivity index (χ0) is 13.3. The molecule has 19 heavy (non-hydrogen) atoms. The summed E-state index contributed by atoms with van der Waals surface area (Å²) in [5.74, 6) is 0.940. The number of halogens is 1. The van der Waals surface area contributed by atoms with Crippen molar-refractivity contribution in [1.29, 1.82) is 0 Å². The third-order valence-corrected chi connectivity index (χ3v) is 5.06. The van der Waals surface area contributed by atoms with Gasteiger partial charge in [-0.15, -0.1) is 0 Å². The van der Waals surface area contributed by atoms with E-state index in [1.54, 1.807) is 6.07 Å². The van der Waals surface area contributed by atoms with Crippen LogP contribution in [0.2, 0.25) is 5.15 Å². The molecule has 2 fully saturated rings. The molecule has 0 amide bonds. The molecule has 0 unspecified atom stereocenters. The predicted octanol–water partition coefficient (Wildman–Crippen LogP) is 3.87. The summed E-state index contributed by atoms with van der Waals surface area (Å²) in [6.07, 6.45) is 9.70. The van der Waals surface area contributed by atoms with Crippen molar-refractivity contribution in [3.05, 3.63) is 17.3 Å². The minimum atomic E-state index is 0.493. The molecule has 4 heteroatoms. The Labute approximate surface area is 120 Å². The first kappa shape index (κ1) is 13.0. The maximum absolute atomic E-state index is 5.99. The summed E-state index contributed by atoms with van der Waals surface area (Å²) in [6.45, 7) is 2.18. The Morgan fingerprint density at radius 2 is 1.74 bits per heavy atom. The Hall–Kier alpha value is -0.960. The molecule has 1 aliphatic heterocycles. The van der Waals surface area contributed by atoms with Gasteiger partial charge in [-0.05, 0) is 37.2 Å². The highest BCUT2D eigenvalue weighted by atomic mass is 35.5. The molecule has 0 aromatic carbocycles. The van der Waals surface area contributed by atoms with Gasteiger partial charge in [-0.2, -0.15) is 0 Å². The van der Waals surface area contributed by atoms with Crippen LogP contribution in [0, 0.1) is 5.41 Å². The molecule has 3 nitrogen and oxygen atoms in total. The topological polar surface area (TPSA) is 42.1 Å². The average molecular weight is 280 g/mol. The van der Waals surface area contributed by atoms with Crippen molar-refractivity contribution in [2.24, 2.45) is 5.41 Å². The molecule has 0 bridgehead atoms. The van der Waals surface area contributed by atoms with E-state index in [-0.39, 0.29) is 0 Å². The molecule has 1 aromatic heterocycles. The number of nitrogens with zero attached hydrogens (tertiary/aromatic N) is 2. The highest BCUT2D eigenvalue weighted by molar-refractivity contribution is 6.29. The quantitative estimate of drug-likeness (QED) is 0.794. The molecule has 0 atom stereocenters. The van der Waals surface area contributed by atoms with Crippen LogP contribution < -0.4 is 10.6 Å². The van der Waals surface area contributed by atoms with Gasteiger partial charge >= 0.3 is 0 Å². The first-order valence-corrected chi connectivity index (χ1v) is 7.73. The van der Waals surface area contributed by atoms with Crippen LogP contribution >= 0.6 is 11.6 Å². The molecule has 1 saturated heterocycles. The lowest BCUT2D eigenvalue weighted by atomic mass is 9.68. The van der Waals surface area contributed by atoms with Gasteiger partial charge in [-0.3, -0.25) is 0 Å². The molecule has 1 saturated carbocycles. The molecule has 104 valence electrons. The lowest BCUT2D eigenvalue weighted by Crippen LogP contribution is -2.41. The molecule has 2 heterocycles. The van der Waals surface area contributed by atoms with Crippen LogP contribution in [0.1, 0.15) is 44.9 Å². The Morgan fingerprint density at radius 1 is 1.05 bits per heavy atom. The summed E-state index contributed by atoms with van der Waals surface area (Å²) < 4.78 is 0. The summed E-state index contributed by atoms with van der Waals surface area (Å²) in [5.41, 5.74) is 7.18. The van der Waals surface area contributed by atoms with Crippen molar-refractivity contribution in [2.75, 3.05) is 23.7 Å². The molecular formula is C15H22ClN3. The lowest BCUT2D eigenvalue weighted by Gasteiger charge is -2.44. The van der Waals surface area contributed by atoms with E-state index in [0.717, 1.165) is 18.9 Å². The van der Waals surface area contributed by atoms with Crippen molar-refractivity contribution in [1.82, 2.24) is 4.98 Å². The van der Waals surface area contributed by atoms with Crippen molar-refractivity contribution in [2.45, 2.75) is 44.9 Å². The highest BCUT2D eigenvalue weighted by Gasteiger charge is 2.35. The van der Waals surface area contributed by atoms with E-state index in [2.05, 4.69) is 9.88 Å². The van der Waals surface area contributed by atoms with E-state index in [9.17, 15) is 0 Å². The first-order valence-electron chi connectivity index (χ1n) is 7.35. The fraction of sp³-hybridized carbons (Fsp3) is 0.667. The number of hydrogen-bond donors (Lipinski definition) is 1. The minimum Gasteiger partial charge on any atom is -0.399 e. The molecule has 3 rings (SSSR count). The van der Waals surface area contributed by atoms with Gasteiger partial charge < -0.3 is 10.6 Å². The minimum absolute atomic E-state index is 0.493. The molecule has 2 N–H and O–H groups in total. The van der Waals surface area contributed by atoms with E-state index in [1.807, 2.05) is 6.07 Å². The van der Waals surface area contributed by atoms with E-state index in [1.165, 1.54) is 44.9 Å². The molecular weight excluding hydrogens is 258 g/mol.